The Balaban J connectivity index is 1.64. The Morgan fingerprint density at radius 3 is 2.56 bits per heavy atom. The van der Waals surface area contributed by atoms with Crippen LogP contribution in [-0.2, 0) is 6.18 Å². The minimum absolute atomic E-state index is 0.0149. The molecule has 0 saturated carbocycles. The molecule has 0 saturated heterocycles. The Kier molecular flexibility index (Phi) is 4.33. The molecule has 3 aromatic rings. The molecule has 11 heteroatoms. The number of ether oxygens (including phenoxy) is 2. The van der Waals surface area contributed by atoms with Crippen LogP contribution in [0.4, 0.5) is 19.0 Å². The van der Waals surface area contributed by atoms with Crippen molar-refractivity contribution in [2.45, 2.75) is 19.1 Å². The van der Waals surface area contributed by atoms with Crippen molar-refractivity contribution in [1.29, 1.82) is 0 Å². The highest BCUT2D eigenvalue weighted by molar-refractivity contribution is 9.10. The van der Waals surface area contributed by atoms with Crippen molar-refractivity contribution in [2.24, 2.45) is 0 Å². The number of fused-ring (bicyclic) bond motifs is 2. The molecule has 27 heavy (non-hydrogen) atoms. The third-order valence-corrected chi connectivity index (χ3v) is 4.70. The first kappa shape index (κ1) is 17.8. The largest absolute Gasteiger partial charge is 0.486 e. The number of halogens is 4. The second kappa shape index (κ2) is 6.55. The number of alkyl halides is 3. The summed E-state index contributed by atoms with van der Waals surface area (Å²) in [6, 6.07) is 6.33. The van der Waals surface area contributed by atoms with Gasteiger partial charge in [-0.05, 0) is 36.8 Å². The van der Waals surface area contributed by atoms with Crippen molar-refractivity contribution in [1.82, 2.24) is 19.8 Å². The molecule has 1 aliphatic heterocycles. The SMILES string of the molecule is CC(Nc1ccc2nnc(C(F)(F)F)n2n1)c1cc2c(cc1Br)OCCO2. The zero-order valence-corrected chi connectivity index (χ0v) is 15.5. The third kappa shape index (κ3) is 3.38. The summed E-state index contributed by atoms with van der Waals surface area (Å²) in [7, 11) is 0. The lowest BCUT2D eigenvalue weighted by Gasteiger charge is -2.22. The van der Waals surface area contributed by atoms with E-state index in [2.05, 4.69) is 36.5 Å². The number of nitrogens with one attached hydrogen (secondary N) is 1. The first-order valence-corrected chi connectivity index (χ1v) is 8.77. The molecule has 7 nitrogen and oxygen atoms in total. The molecule has 142 valence electrons. The first-order chi connectivity index (χ1) is 12.8. The van der Waals surface area contributed by atoms with Crippen LogP contribution in [0.25, 0.3) is 5.65 Å². The van der Waals surface area contributed by atoms with Gasteiger partial charge < -0.3 is 14.8 Å². The molecule has 0 aliphatic carbocycles. The Labute approximate surface area is 159 Å². The normalized spacial score (nSPS) is 15.0. The summed E-state index contributed by atoms with van der Waals surface area (Å²) in [6.07, 6.45) is -4.64. The van der Waals surface area contributed by atoms with E-state index in [0.717, 1.165) is 10.0 Å². The third-order valence-electron chi connectivity index (χ3n) is 4.01. The Morgan fingerprint density at radius 1 is 1.15 bits per heavy atom. The van der Waals surface area contributed by atoms with Gasteiger partial charge in [-0.25, -0.2) is 0 Å². The molecule has 1 aromatic carbocycles. The molecule has 4 rings (SSSR count). The van der Waals surface area contributed by atoms with Crippen molar-refractivity contribution < 1.29 is 22.6 Å². The van der Waals surface area contributed by atoms with Gasteiger partial charge in [-0.3, -0.25) is 0 Å². The Hall–Kier alpha value is -2.56. The van der Waals surface area contributed by atoms with Crippen LogP contribution in [0, 0.1) is 0 Å². The molecule has 0 bridgehead atoms. The van der Waals surface area contributed by atoms with E-state index in [1.807, 2.05) is 13.0 Å². The molecule has 3 heterocycles. The van der Waals surface area contributed by atoms with Crippen molar-refractivity contribution in [3.05, 3.63) is 40.1 Å². The Bertz CT molecular complexity index is 1010. The van der Waals surface area contributed by atoms with Gasteiger partial charge in [-0.1, -0.05) is 15.9 Å². The molecule has 1 aliphatic rings. The van der Waals surface area contributed by atoms with Crippen molar-refractivity contribution >= 4 is 27.4 Å². The number of hydrogen-bond donors (Lipinski definition) is 1. The van der Waals surface area contributed by atoms with Crippen molar-refractivity contribution in [3.63, 3.8) is 0 Å². The molecule has 0 amide bonds. The van der Waals surface area contributed by atoms with Crippen LogP contribution in [0.15, 0.2) is 28.7 Å². The molecule has 0 fully saturated rings. The number of rotatable bonds is 3. The van der Waals surface area contributed by atoms with E-state index in [1.165, 1.54) is 6.07 Å². The van der Waals surface area contributed by atoms with Crippen LogP contribution < -0.4 is 14.8 Å². The fraction of sp³-hybridized carbons (Fsp3) is 0.312. The number of nitrogens with zero attached hydrogens (tertiary/aromatic N) is 4. The minimum Gasteiger partial charge on any atom is -0.486 e. The van der Waals surface area contributed by atoms with Gasteiger partial charge in [-0.15, -0.1) is 15.3 Å². The first-order valence-electron chi connectivity index (χ1n) is 7.98. The number of benzene rings is 1. The molecular formula is C16H13BrF3N5O2. The number of aromatic nitrogens is 4. The van der Waals surface area contributed by atoms with Crippen LogP contribution in [-0.4, -0.2) is 33.0 Å². The highest BCUT2D eigenvalue weighted by Crippen LogP contribution is 2.38. The molecule has 1 atom stereocenters. The average Bonchev–Trinajstić information content (AvgIpc) is 3.04. The summed E-state index contributed by atoms with van der Waals surface area (Å²) in [5.74, 6) is 0.342. The molecule has 1 unspecified atom stereocenters. The summed E-state index contributed by atoms with van der Waals surface area (Å²) >= 11 is 3.49. The van der Waals surface area contributed by atoms with Gasteiger partial charge in [-0.2, -0.15) is 17.7 Å². The minimum atomic E-state index is -4.64. The van der Waals surface area contributed by atoms with E-state index in [1.54, 1.807) is 12.1 Å². The van der Waals surface area contributed by atoms with Gasteiger partial charge in [0.15, 0.2) is 17.1 Å². The van der Waals surface area contributed by atoms with E-state index in [4.69, 9.17) is 9.47 Å². The maximum atomic E-state index is 13.0. The molecule has 2 aromatic heterocycles. The van der Waals surface area contributed by atoms with Crippen LogP contribution >= 0.6 is 15.9 Å². The standard InChI is InChI=1S/C16H13BrF3N5O2/c1-8(9-6-11-12(7-10(9)17)27-5-4-26-11)21-13-2-3-14-22-23-15(16(18,19)20)25(14)24-13/h2-3,6-8H,4-5H2,1H3,(H,21,24). The van der Waals surface area contributed by atoms with Crippen molar-refractivity contribution in [2.75, 3.05) is 18.5 Å². The van der Waals surface area contributed by atoms with Crippen molar-refractivity contribution in [3.8, 4) is 11.5 Å². The predicted molar refractivity (Wildman–Crippen MR) is 93.0 cm³/mol. The van der Waals surface area contributed by atoms with E-state index < -0.39 is 12.0 Å². The second-order valence-corrected chi connectivity index (χ2v) is 6.75. The number of anilines is 1. The second-order valence-electron chi connectivity index (χ2n) is 5.89. The quantitative estimate of drug-likeness (QED) is 0.662. The lowest BCUT2D eigenvalue weighted by atomic mass is 10.1. The van der Waals surface area contributed by atoms with Gasteiger partial charge >= 0.3 is 6.18 Å². The van der Waals surface area contributed by atoms with E-state index in [-0.39, 0.29) is 17.5 Å². The smallest absolute Gasteiger partial charge is 0.453 e. The van der Waals surface area contributed by atoms with E-state index >= 15 is 0 Å². The van der Waals surface area contributed by atoms with Gasteiger partial charge in [0.25, 0.3) is 5.82 Å². The Morgan fingerprint density at radius 2 is 1.85 bits per heavy atom. The van der Waals surface area contributed by atoms with Crippen LogP contribution in [0.5, 0.6) is 11.5 Å². The highest BCUT2D eigenvalue weighted by atomic mass is 79.9. The summed E-state index contributed by atoms with van der Waals surface area (Å²) in [6.45, 7) is 2.80. The van der Waals surface area contributed by atoms with Gasteiger partial charge in [0.1, 0.15) is 19.0 Å². The van der Waals surface area contributed by atoms with Crippen LogP contribution in [0.3, 0.4) is 0 Å². The summed E-state index contributed by atoms with van der Waals surface area (Å²) in [5.41, 5.74) is 0.863. The molecular weight excluding hydrogens is 431 g/mol. The lowest BCUT2D eigenvalue weighted by molar-refractivity contribution is -0.146. The highest BCUT2D eigenvalue weighted by Gasteiger charge is 2.37. The maximum Gasteiger partial charge on any atom is 0.453 e. The van der Waals surface area contributed by atoms with Gasteiger partial charge in [0, 0.05) is 4.47 Å². The van der Waals surface area contributed by atoms with Gasteiger partial charge in [0.2, 0.25) is 0 Å². The van der Waals surface area contributed by atoms with Gasteiger partial charge in [0.05, 0.1) is 6.04 Å². The number of hydrogen-bond acceptors (Lipinski definition) is 6. The van der Waals surface area contributed by atoms with Crippen LogP contribution in [0.2, 0.25) is 0 Å². The fourth-order valence-electron chi connectivity index (χ4n) is 2.75. The molecule has 0 radical (unpaired) electrons. The summed E-state index contributed by atoms with van der Waals surface area (Å²) < 4.78 is 51.6. The van der Waals surface area contributed by atoms with Crippen LogP contribution in [0.1, 0.15) is 24.4 Å². The zero-order valence-electron chi connectivity index (χ0n) is 13.9. The predicted octanol–water partition coefficient (Wildman–Crippen LogP) is 3.85. The van der Waals surface area contributed by atoms with E-state index in [9.17, 15) is 13.2 Å². The molecule has 0 spiro atoms. The fourth-order valence-corrected chi connectivity index (χ4v) is 3.42. The monoisotopic (exact) mass is 443 g/mol. The zero-order chi connectivity index (χ0) is 19.2. The topological polar surface area (TPSA) is 73.6 Å². The summed E-state index contributed by atoms with van der Waals surface area (Å²) in [4.78, 5) is 0. The average molecular weight is 444 g/mol. The maximum absolute atomic E-state index is 13.0. The summed E-state index contributed by atoms with van der Waals surface area (Å²) in [5, 5.41) is 13.7. The molecule has 1 N–H and O–H groups in total. The van der Waals surface area contributed by atoms with E-state index in [0.29, 0.717) is 29.2 Å². The lowest BCUT2D eigenvalue weighted by Crippen LogP contribution is -2.17.